The standard InChI is InChI=1S/C22H26O6/c1-13(15-9-17(23-3)21(27-7)18(10-15)24-4)14(2)16-11-19(25-5)22(28-8)20(12-16)26-6/h9-12H,1-2H2,3-8H3. The van der Waals surface area contributed by atoms with E-state index < -0.39 is 0 Å². The summed E-state index contributed by atoms with van der Waals surface area (Å²) in [5, 5.41) is 0. The fraction of sp³-hybridized carbons (Fsp3) is 0.273. The van der Waals surface area contributed by atoms with Crippen LogP contribution in [0.4, 0.5) is 0 Å². The first-order valence-electron chi connectivity index (χ1n) is 8.44. The molecule has 0 atom stereocenters. The summed E-state index contributed by atoms with van der Waals surface area (Å²) in [5.74, 6) is 3.18. The maximum absolute atomic E-state index is 5.43. The van der Waals surface area contributed by atoms with Crippen LogP contribution < -0.4 is 28.4 Å². The molecule has 0 saturated carbocycles. The van der Waals surface area contributed by atoms with E-state index in [0.29, 0.717) is 45.6 Å². The van der Waals surface area contributed by atoms with Gasteiger partial charge < -0.3 is 28.4 Å². The van der Waals surface area contributed by atoms with Crippen LogP contribution in [-0.2, 0) is 0 Å². The third-order valence-corrected chi connectivity index (χ3v) is 4.39. The van der Waals surface area contributed by atoms with E-state index in [1.807, 2.05) is 24.3 Å². The molecule has 0 N–H and O–H groups in total. The molecule has 6 heteroatoms. The predicted octanol–water partition coefficient (Wildman–Crippen LogP) is 4.46. The van der Waals surface area contributed by atoms with E-state index in [-0.39, 0.29) is 0 Å². The van der Waals surface area contributed by atoms with Crippen molar-refractivity contribution in [3.8, 4) is 34.5 Å². The Morgan fingerprint density at radius 3 is 0.929 bits per heavy atom. The Morgan fingerprint density at radius 1 is 0.500 bits per heavy atom. The molecule has 0 spiro atoms. The zero-order chi connectivity index (χ0) is 20.8. The number of hydrogen-bond donors (Lipinski definition) is 0. The van der Waals surface area contributed by atoms with Gasteiger partial charge in [0, 0.05) is 0 Å². The average molecular weight is 386 g/mol. The summed E-state index contributed by atoms with van der Waals surface area (Å²) < 4.78 is 32.5. The Kier molecular flexibility index (Phi) is 6.82. The minimum Gasteiger partial charge on any atom is -0.493 e. The van der Waals surface area contributed by atoms with Gasteiger partial charge in [-0.2, -0.15) is 0 Å². The van der Waals surface area contributed by atoms with Crippen LogP contribution >= 0.6 is 0 Å². The van der Waals surface area contributed by atoms with Crippen molar-refractivity contribution in [1.29, 1.82) is 0 Å². The zero-order valence-electron chi connectivity index (χ0n) is 17.2. The van der Waals surface area contributed by atoms with Gasteiger partial charge in [-0.25, -0.2) is 0 Å². The number of allylic oxidation sites excluding steroid dienone is 2. The Hall–Kier alpha value is -3.28. The van der Waals surface area contributed by atoms with Gasteiger partial charge in [-0.3, -0.25) is 0 Å². The van der Waals surface area contributed by atoms with Gasteiger partial charge >= 0.3 is 0 Å². The van der Waals surface area contributed by atoms with Crippen molar-refractivity contribution in [2.75, 3.05) is 42.7 Å². The number of rotatable bonds is 9. The van der Waals surface area contributed by atoms with E-state index in [9.17, 15) is 0 Å². The molecule has 2 rings (SSSR count). The van der Waals surface area contributed by atoms with Gasteiger partial charge in [0.15, 0.2) is 23.0 Å². The Bertz CT molecular complexity index is 761. The highest BCUT2D eigenvalue weighted by atomic mass is 16.5. The van der Waals surface area contributed by atoms with Crippen LogP contribution in [0.25, 0.3) is 11.1 Å². The van der Waals surface area contributed by atoms with Gasteiger partial charge in [0.25, 0.3) is 0 Å². The topological polar surface area (TPSA) is 55.4 Å². The second-order valence-electron chi connectivity index (χ2n) is 5.79. The third kappa shape index (κ3) is 3.86. The molecule has 0 aromatic heterocycles. The van der Waals surface area contributed by atoms with Crippen molar-refractivity contribution in [1.82, 2.24) is 0 Å². The summed E-state index contributed by atoms with van der Waals surface area (Å²) in [6.45, 7) is 8.39. The Balaban J connectivity index is 2.52. The number of methoxy groups -OCH3 is 6. The summed E-state index contributed by atoms with van der Waals surface area (Å²) in [7, 11) is 9.39. The summed E-state index contributed by atoms with van der Waals surface area (Å²) >= 11 is 0. The predicted molar refractivity (Wildman–Crippen MR) is 110 cm³/mol. The largest absolute Gasteiger partial charge is 0.493 e. The SMILES string of the molecule is C=C(C(=C)c1cc(OC)c(OC)c(OC)c1)c1cc(OC)c(OC)c(OC)c1. The van der Waals surface area contributed by atoms with Gasteiger partial charge in [-0.1, -0.05) is 13.2 Å². The van der Waals surface area contributed by atoms with E-state index in [1.54, 1.807) is 42.7 Å². The van der Waals surface area contributed by atoms with E-state index in [2.05, 4.69) is 13.2 Å². The molecular weight excluding hydrogens is 360 g/mol. The van der Waals surface area contributed by atoms with Crippen LogP contribution in [0.5, 0.6) is 34.5 Å². The van der Waals surface area contributed by atoms with Gasteiger partial charge in [0.05, 0.1) is 42.7 Å². The van der Waals surface area contributed by atoms with Crippen molar-refractivity contribution in [3.05, 3.63) is 48.6 Å². The fourth-order valence-corrected chi connectivity index (χ4v) is 2.86. The molecule has 6 nitrogen and oxygen atoms in total. The summed E-state index contributed by atoms with van der Waals surface area (Å²) in [5.41, 5.74) is 2.95. The highest BCUT2D eigenvalue weighted by molar-refractivity contribution is 6.04. The van der Waals surface area contributed by atoms with E-state index in [0.717, 1.165) is 11.1 Å². The zero-order valence-corrected chi connectivity index (χ0v) is 17.2. The molecule has 0 amide bonds. The summed E-state index contributed by atoms with van der Waals surface area (Å²) in [6.07, 6.45) is 0. The minimum absolute atomic E-state index is 0.514. The lowest BCUT2D eigenvalue weighted by molar-refractivity contribution is 0.324. The average Bonchev–Trinajstić information content (AvgIpc) is 2.75. The van der Waals surface area contributed by atoms with Crippen molar-refractivity contribution < 1.29 is 28.4 Å². The first-order chi connectivity index (χ1) is 13.4. The van der Waals surface area contributed by atoms with Crippen LogP contribution in [0, 0.1) is 0 Å². The van der Waals surface area contributed by atoms with E-state index in [1.165, 1.54) is 0 Å². The van der Waals surface area contributed by atoms with Crippen LogP contribution in [-0.4, -0.2) is 42.7 Å². The van der Waals surface area contributed by atoms with Crippen molar-refractivity contribution in [2.24, 2.45) is 0 Å². The molecule has 0 saturated heterocycles. The maximum Gasteiger partial charge on any atom is 0.203 e. The molecule has 0 heterocycles. The molecule has 0 aliphatic rings. The molecule has 0 unspecified atom stereocenters. The van der Waals surface area contributed by atoms with E-state index in [4.69, 9.17) is 28.4 Å². The Morgan fingerprint density at radius 2 is 0.750 bits per heavy atom. The molecule has 28 heavy (non-hydrogen) atoms. The van der Waals surface area contributed by atoms with Gasteiger partial charge in [-0.05, 0) is 46.5 Å². The minimum atomic E-state index is 0.514. The van der Waals surface area contributed by atoms with Crippen molar-refractivity contribution in [2.45, 2.75) is 0 Å². The molecule has 2 aromatic rings. The number of hydrogen-bond acceptors (Lipinski definition) is 6. The van der Waals surface area contributed by atoms with Crippen LogP contribution in [0.15, 0.2) is 37.4 Å². The van der Waals surface area contributed by atoms with Crippen molar-refractivity contribution >= 4 is 11.1 Å². The second kappa shape index (κ2) is 9.08. The number of benzene rings is 2. The molecule has 2 aromatic carbocycles. The van der Waals surface area contributed by atoms with Gasteiger partial charge in [0.1, 0.15) is 0 Å². The summed E-state index contributed by atoms with van der Waals surface area (Å²) in [4.78, 5) is 0. The molecule has 0 radical (unpaired) electrons. The Labute approximate surface area is 165 Å². The number of ether oxygens (including phenoxy) is 6. The van der Waals surface area contributed by atoms with Crippen LogP contribution in [0.2, 0.25) is 0 Å². The molecule has 0 aliphatic heterocycles. The molecule has 0 fully saturated rings. The lowest BCUT2D eigenvalue weighted by Gasteiger charge is -2.18. The first-order valence-corrected chi connectivity index (χ1v) is 8.44. The smallest absolute Gasteiger partial charge is 0.203 e. The quantitative estimate of drug-likeness (QED) is 0.593. The van der Waals surface area contributed by atoms with Gasteiger partial charge in [0.2, 0.25) is 11.5 Å². The molecular formula is C22H26O6. The normalized spacial score (nSPS) is 10.1. The highest BCUT2D eigenvalue weighted by Crippen LogP contribution is 2.44. The highest BCUT2D eigenvalue weighted by Gasteiger charge is 2.19. The lowest BCUT2D eigenvalue weighted by Crippen LogP contribution is -1.99. The first kappa shape index (κ1) is 21.0. The monoisotopic (exact) mass is 386 g/mol. The van der Waals surface area contributed by atoms with E-state index >= 15 is 0 Å². The molecule has 0 aliphatic carbocycles. The lowest BCUT2D eigenvalue weighted by atomic mass is 9.94. The summed E-state index contributed by atoms with van der Waals surface area (Å²) in [6, 6.07) is 7.30. The third-order valence-electron chi connectivity index (χ3n) is 4.39. The van der Waals surface area contributed by atoms with Crippen LogP contribution in [0.3, 0.4) is 0 Å². The fourth-order valence-electron chi connectivity index (χ4n) is 2.86. The molecule has 150 valence electrons. The van der Waals surface area contributed by atoms with Crippen molar-refractivity contribution in [3.63, 3.8) is 0 Å². The maximum atomic E-state index is 5.43. The second-order valence-corrected chi connectivity index (χ2v) is 5.79. The van der Waals surface area contributed by atoms with Gasteiger partial charge in [-0.15, -0.1) is 0 Å². The molecule has 0 bridgehead atoms. The van der Waals surface area contributed by atoms with Crippen LogP contribution in [0.1, 0.15) is 11.1 Å².